The molecule has 6 heteroatoms. The number of hydrogen-bond donors (Lipinski definition) is 3. The molecule has 5 nitrogen and oxygen atoms in total. The van der Waals surface area contributed by atoms with Gasteiger partial charge in [0, 0.05) is 12.1 Å². The number of carboxylic acids is 1. The van der Waals surface area contributed by atoms with E-state index in [2.05, 4.69) is 21.2 Å². The Balaban J connectivity index is 2.01. The van der Waals surface area contributed by atoms with Crippen molar-refractivity contribution < 1.29 is 19.8 Å². The van der Waals surface area contributed by atoms with Gasteiger partial charge in [-0.3, -0.25) is 9.59 Å². The SMILES string of the molecule is O=C(NCC1(C(=O)O)CCC1)c1ccc(Br)c(O)c1. The molecule has 0 spiro atoms. The molecule has 1 aromatic carbocycles. The van der Waals surface area contributed by atoms with Gasteiger partial charge in [-0.15, -0.1) is 0 Å². The van der Waals surface area contributed by atoms with Gasteiger partial charge in [0.05, 0.1) is 9.89 Å². The number of halogens is 1. The Morgan fingerprint density at radius 3 is 2.53 bits per heavy atom. The van der Waals surface area contributed by atoms with Gasteiger partial charge in [0.2, 0.25) is 0 Å². The molecule has 3 N–H and O–H groups in total. The predicted octanol–water partition coefficient (Wildman–Crippen LogP) is 2.14. The van der Waals surface area contributed by atoms with Crippen LogP contribution in [0, 0.1) is 5.41 Å². The van der Waals surface area contributed by atoms with Crippen LogP contribution in [-0.4, -0.2) is 28.6 Å². The number of phenolic OH excluding ortho intramolecular Hbond substituents is 1. The summed E-state index contributed by atoms with van der Waals surface area (Å²) < 4.78 is 0.505. The number of phenols is 1. The molecule has 1 saturated carbocycles. The number of carboxylic acid groups (broad SMARTS) is 1. The van der Waals surface area contributed by atoms with Crippen molar-refractivity contribution in [2.45, 2.75) is 19.3 Å². The summed E-state index contributed by atoms with van der Waals surface area (Å²) >= 11 is 3.13. The lowest BCUT2D eigenvalue weighted by Gasteiger charge is -2.37. The molecule has 1 fully saturated rings. The second kappa shape index (κ2) is 5.21. The fourth-order valence-corrected chi connectivity index (χ4v) is 2.32. The number of hydrogen-bond acceptors (Lipinski definition) is 3. The lowest BCUT2D eigenvalue weighted by Crippen LogP contribution is -2.47. The molecule has 1 amide bonds. The maximum Gasteiger partial charge on any atom is 0.311 e. The van der Waals surface area contributed by atoms with Gasteiger partial charge >= 0.3 is 5.97 Å². The summed E-state index contributed by atoms with van der Waals surface area (Å²) in [5, 5.41) is 21.3. The second-order valence-electron chi connectivity index (χ2n) is 4.79. The number of rotatable bonds is 4. The number of carbonyl (C=O) groups is 2. The molecule has 0 heterocycles. The molecule has 0 aliphatic heterocycles. The molecule has 0 aromatic heterocycles. The van der Waals surface area contributed by atoms with Crippen LogP contribution in [0.4, 0.5) is 0 Å². The van der Waals surface area contributed by atoms with E-state index in [1.54, 1.807) is 12.1 Å². The quantitative estimate of drug-likeness (QED) is 0.790. The standard InChI is InChI=1S/C13H14BrNO4/c14-9-3-2-8(6-10(9)16)11(17)15-7-13(12(18)19)4-1-5-13/h2-3,6,16H,1,4-5,7H2,(H,15,17)(H,18,19). The number of aliphatic carboxylic acids is 1. The maximum atomic E-state index is 11.9. The third-order valence-corrected chi connectivity index (χ3v) is 4.23. The molecule has 0 radical (unpaired) electrons. The van der Waals surface area contributed by atoms with Gasteiger partial charge in [-0.1, -0.05) is 6.42 Å². The van der Waals surface area contributed by atoms with E-state index in [4.69, 9.17) is 5.11 Å². The van der Waals surface area contributed by atoms with E-state index in [-0.39, 0.29) is 18.2 Å². The Hall–Kier alpha value is -1.56. The molecular weight excluding hydrogens is 314 g/mol. The van der Waals surface area contributed by atoms with Gasteiger partial charge in [0.15, 0.2) is 0 Å². The highest BCUT2D eigenvalue weighted by Gasteiger charge is 2.44. The molecule has 0 unspecified atom stereocenters. The topological polar surface area (TPSA) is 86.6 Å². The van der Waals surface area contributed by atoms with Gasteiger partial charge in [-0.05, 0) is 47.0 Å². The van der Waals surface area contributed by atoms with Crippen LogP contribution in [0.1, 0.15) is 29.6 Å². The average molecular weight is 328 g/mol. The van der Waals surface area contributed by atoms with Crippen LogP contribution < -0.4 is 5.32 Å². The Morgan fingerprint density at radius 1 is 1.37 bits per heavy atom. The largest absolute Gasteiger partial charge is 0.507 e. The van der Waals surface area contributed by atoms with Crippen LogP contribution in [0.5, 0.6) is 5.75 Å². The van der Waals surface area contributed by atoms with Crippen molar-refractivity contribution in [2.24, 2.45) is 5.41 Å². The Kier molecular flexibility index (Phi) is 3.80. The van der Waals surface area contributed by atoms with Crippen molar-refractivity contribution >= 4 is 27.8 Å². The Bertz CT molecular complexity index is 525. The van der Waals surface area contributed by atoms with Crippen molar-refractivity contribution in [1.29, 1.82) is 0 Å². The van der Waals surface area contributed by atoms with Gasteiger partial charge in [0.25, 0.3) is 5.91 Å². The number of benzene rings is 1. The first kappa shape index (κ1) is 13.9. The lowest BCUT2D eigenvalue weighted by atomic mass is 9.69. The van der Waals surface area contributed by atoms with Crippen LogP contribution in [0.15, 0.2) is 22.7 Å². The lowest BCUT2D eigenvalue weighted by molar-refractivity contribution is -0.153. The first-order valence-electron chi connectivity index (χ1n) is 5.95. The Labute approximate surface area is 118 Å². The Morgan fingerprint density at radius 2 is 2.05 bits per heavy atom. The molecule has 0 saturated heterocycles. The van der Waals surface area contributed by atoms with Crippen LogP contribution in [0.25, 0.3) is 0 Å². The average Bonchev–Trinajstić information content (AvgIpc) is 2.30. The molecule has 0 bridgehead atoms. The fraction of sp³-hybridized carbons (Fsp3) is 0.385. The summed E-state index contributed by atoms with van der Waals surface area (Å²) in [6.07, 6.45) is 2.06. The molecule has 102 valence electrons. The van der Waals surface area contributed by atoms with E-state index in [1.807, 2.05) is 0 Å². The molecule has 0 atom stereocenters. The maximum absolute atomic E-state index is 11.9. The smallest absolute Gasteiger partial charge is 0.311 e. The van der Waals surface area contributed by atoms with E-state index < -0.39 is 11.4 Å². The highest BCUT2D eigenvalue weighted by Crippen LogP contribution is 2.40. The van der Waals surface area contributed by atoms with E-state index in [1.165, 1.54) is 6.07 Å². The molecule has 2 rings (SSSR count). The van der Waals surface area contributed by atoms with Crippen LogP contribution >= 0.6 is 15.9 Å². The van der Waals surface area contributed by atoms with Crippen molar-refractivity contribution in [3.63, 3.8) is 0 Å². The van der Waals surface area contributed by atoms with Crippen LogP contribution in [-0.2, 0) is 4.79 Å². The zero-order chi connectivity index (χ0) is 14.0. The van der Waals surface area contributed by atoms with E-state index >= 15 is 0 Å². The summed E-state index contributed by atoms with van der Waals surface area (Å²) in [4.78, 5) is 23.0. The highest BCUT2D eigenvalue weighted by molar-refractivity contribution is 9.10. The van der Waals surface area contributed by atoms with Crippen molar-refractivity contribution in [1.82, 2.24) is 5.32 Å². The summed E-state index contributed by atoms with van der Waals surface area (Å²) in [7, 11) is 0. The molecule has 19 heavy (non-hydrogen) atoms. The van der Waals surface area contributed by atoms with Crippen molar-refractivity contribution in [3.05, 3.63) is 28.2 Å². The van der Waals surface area contributed by atoms with Crippen LogP contribution in [0.3, 0.4) is 0 Å². The summed E-state index contributed by atoms with van der Waals surface area (Å²) in [5.41, 5.74) is -0.506. The summed E-state index contributed by atoms with van der Waals surface area (Å²) in [5.74, 6) is -1.27. The van der Waals surface area contributed by atoms with Crippen molar-refractivity contribution in [3.8, 4) is 5.75 Å². The van der Waals surface area contributed by atoms with Gasteiger partial charge in [-0.25, -0.2) is 0 Å². The monoisotopic (exact) mass is 327 g/mol. The summed E-state index contributed by atoms with van der Waals surface area (Å²) in [6, 6.07) is 4.47. The minimum Gasteiger partial charge on any atom is -0.507 e. The highest BCUT2D eigenvalue weighted by atomic mass is 79.9. The van der Waals surface area contributed by atoms with Gasteiger partial charge < -0.3 is 15.5 Å². The second-order valence-corrected chi connectivity index (χ2v) is 5.64. The molecule has 1 aliphatic carbocycles. The third-order valence-electron chi connectivity index (χ3n) is 3.56. The van der Waals surface area contributed by atoms with E-state index in [0.717, 1.165) is 6.42 Å². The fourth-order valence-electron chi connectivity index (χ4n) is 2.08. The predicted molar refractivity (Wildman–Crippen MR) is 72.1 cm³/mol. The number of amides is 1. The number of nitrogens with one attached hydrogen (secondary N) is 1. The van der Waals surface area contributed by atoms with E-state index in [9.17, 15) is 14.7 Å². The van der Waals surface area contributed by atoms with Gasteiger partial charge in [0.1, 0.15) is 5.75 Å². The summed E-state index contributed by atoms with van der Waals surface area (Å²) in [6.45, 7) is 0.123. The van der Waals surface area contributed by atoms with Gasteiger partial charge in [-0.2, -0.15) is 0 Å². The minimum absolute atomic E-state index is 0.0238. The molecular formula is C13H14BrNO4. The zero-order valence-electron chi connectivity index (χ0n) is 10.1. The zero-order valence-corrected chi connectivity index (χ0v) is 11.7. The number of aromatic hydroxyl groups is 1. The first-order chi connectivity index (χ1) is 8.94. The molecule has 1 aromatic rings. The first-order valence-corrected chi connectivity index (χ1v) is 6.74. The van der Waals surface area contributed by atoms with Crippen LogP contribution in [0.2, 0.25) is 0 Å². The van der Waals surface area contributed by atoms with E-state index in [0.29, 0.717) is 22.9 Å². The van der Waals surface area contributed by atoms with Crippen molar-refractivity contribution in [2.75, 3.05) is 6.54 Å². The molecule has 1 aliphatic rings. The minimum atomic E-state index is -0.863. The third kappa shape index (κ3) is 2.73. The normalized spacial score (nSPS) is 16.5. The number of carbonyl (C=O) groups excluding carboxylic acids is 1.